The molecule has 0 saturated heterocycles. The van der Waals surface area contributed by atoms with E-state index in [0.29, 0.717) is 12.2 Å². The summed E-state index contributed by atoms with van der Waals surface area (Å²) in [5.41, 5.74) is 8.19. The minimum Gasteiger partial charge on any atom is -0.497 e. The minimum atomic E-state index is -0.315. The molecule has 0 fully saturated rings. The molecule has 0 saturated carbocycles. The molecular weight excluding hydrogens is 243 g/mol. The Morgan fingerprint density at radius 2 is 2.00 bits per heavy atom. The number of hydrogen-bond acceptors (Lipinski definition) is 3. The van der Waals surface area contributed by atoms with E-state index in [1.807, 2.05) is 36.2 Å². The molecule has 0 aliphatic carbocycles. The molecule has 100 valence electrons. The summed E-state index contributed by atoms with van der Waals surface area (Å²) in [6.07, 6.45) is 0. The summed E-state index contributed by atoms with van der Waals surface area (Å²) in [4.78, 5) is 2.03. The number of nitrogen functional groups attached to an aromatic ring is 1. The summed E-state index contributed by atoms with van der Waals surface area (Å²) in [6.45, 7) is 0.610. The second-order valence-electron chi connectivity index (χ2n) is 4.40. The molecular formula is C15H17FN2O. The summed E-state index contributed by atoms with van der Waals surface area (Å²) >= 11 is 0. The maximum atomic E-state index is 13.0. The van der Waals surface area contributed by atoms with Crippen molar-refractivity contribution in [3.05, 3.63) is 53.8 Å². The average Bonchev–Trinajstić information content (AvgIpc) is 2.42. The highest BCUT2D eigenvalue weighted by atomic mass is 19.1. The fraction of sp³-hybridized carbons (Fsp3) is 0.200. The van der Waals surface area contributed by atoms with Gasteiger partial charge in [-0.3, -0.25) is 0 Å². The number of anilines is 2. The summed E-state index contributed by atoms with van der Waals surface area (Å²) in [7, 11) is 3.59. The van der Waals surface area contributed by atoms with E-state index in [-0.39, 0.29) is 5.82 Å². The van der Waals surface area contributed by atoms with Crippen LogP contribution < -0.4 is 15.4 Å². The van der Waals surface area contributed by atoms with Crippen LogP contribution in [0, 0.1) is 5.82 Å². The Bertz CT molecular complexity index is 572. The fourth-order valence-corrected chi connectivity index (χ4v) is 1.90. The standard InChI is InChI=1S/C15H17FN2O/c1-18(13-4-3-5-14(9-13)19-2)10-11-6-7-12(16)8-15(11)17/h3-9H,10,17H2,1-2H3. The lowest BCUT2D eigenvalue weighted by Crippen LogP contribution is -2.17. The van der Waals surface area contributed by atoms with Crippen LogP contribution in [0.2, 0.25) is 0 Å². The van der Waals surface area contributed by atoms with E-state index in [0.717, 1.165) is 17.0 Å². The Kier molecular flexibility index (Phi) is 3.90. The van der Waals surface area contributed by atoms with Crippen molar-refractivity contribution in [2.24, 2.45) is 0 Å². The zero-order valence-corrected chi connectivity index (χ0v) is 11.1. The van der Waals surface area contributed by atoms with Crippen LogP contribution in [0.3, 0.4) is 0 Å². The van der Waals surface area contributed by atoms with Crippen molar-refractivity contribution in [2.45, 2.75) is 6.54 Å². The van der Waals surface area contributed by atoms with E-state index in [2.05, 4.69) is 0 Å². The van der Waals surface area contributed by atoms with Crippen LogP contribution >= 0.6 is 0 Å². The number of nitrogens with two attached hydrogens (primary N) is 1. The first-order valence-electron chi connectivity index (χ1n) is 5.99. The van der Waals surface area contributed by atoms with Gasteiger partial charge in [-0.1, -0.05) is 12.1 Å². The highest BCUT2D eigenvalue weighted by Gasteiger charge is 2.06. The highest BCUT2D eigenvalue weighted by molar-refractivity contribution is 5.53. The second kappa shape index (κ2) is 5.61. The number of halogens is 1. The lowest BCUT2D eigenvalue weighted by Gasteiger charge is -2.21. The van der Waals surface area contributed by atoms with Crippen LogP contribution in [0.4, 0.5) is 15.8 Å². The predicted octanol–water partition coefficient (Wildman–Crippen LogP) is 3.05. The van der Waals surface area contributed by atoms with Crippen molar-refractivity contribution in [3.63, 3.8) is 0 Å². The minimum absolute atomic E-state index is 0.315. The first kappa shape index (κ1) is 13.2. The van der Waals surface area contributed by atoms with E-state index in [9.17, 15) is 4.39 Å². The molecule has 0 bridgehead atoms. The van der Waals surface area contributed by atoms with Crippen LogP contribution in [0.15, 0.2) is 42.5 Å². The van der Waals surface area contributed by atoms with Crippen molar-refractivity contribution >= 4 is 11.4 Å². The summed E-state index contributed by atoms with van der Waals surface area (Å²) < 4.78 is 18.2. The van der Waals surface area contributed by atoms with Crippen LogP contribution in [0.1, 0.15) is 5.56 Å². The van der Waals surface area contributed by atoms with Gasteiger partial charge in [-0.25, -0.2) is 4.39 Å². The zero-order valence-electron chi connectivity index (χ0n) is 11.1. The second-order valence-corrected chi connectivity index (χ2v) is 4.40. The first-order valence-corrected chi connectivity index (χ1v) is 5.99. The van der Waals surface area contributed by atoms with Crippen LogP contribution in [-0.4, -0.2) is 14.2 Å². The van der Waals surface area contributed by atoms with Gasteiger partial charge in [0.2, 0.25) is 0 Å². The van der Waals surface area contributed by atoms with Gasteiger partial charge in [-0.2, -0.15) is 0 Å². The monoisotopic (exact) mass is 260 g/mol. The van der Waals surface area contributed by atoms with Crippen molar-refractivity contribution in [2.75, 3.05) is 24.8 Å². The quantitative estimate of drug-likeness (QED) is 0.859. The van der Waals surface area contributed by atoms with E-state index in [4.69, 9.17) is 10.5 Å². The third-order valence-corrected chi connectivity index (χ3v) is 3.01. The van der Waals surface area contributed by atoms with Gasteiger partial charge in [0.1, 0.15) is 11.6 Å². The average molecular weight is 260 g/mol. The molecule has 0 spiro atoms. The van der Waals surface area contributed by atoms with Gasteiger partial charge in [0, 0.05) is 31.0 Å². The molecule has 4 heteroatoms. The molecule has 0 heterocycles. The van der Waals surface area contributed by atoms with Gasteiger partial charge < -0.3 is 15.4 Å². The smallest absolute Gasteiger partial charge is 0.125 e. The van der Waals surface area contributed by atoms with Gasteiger partial charge in [0.15, 0.2) is 0 Å². The predicted molar refractivity (Wildman–Crippen MR) is 75.9 cm³/mol. The number of methoxy groups -OCH3 is 1. The molecule has 2 N–H and O–H groups in total. The molecule has 0 aliphatic heterocycles. The lowest BCUT2D eigenvalue weighted by atomic mass is 10.1. The Morgan fingerprint density at radius 1 is 1.21 bits per heavy atom. The summed E-state index contributed by atoms with van der Waals surface area (Å²) in [5, 5.41) is 0. The van der Waals surface area contributed by atoms with Gasteiger partial charge in [-0.15, -0.1) is 0 Å². The molecule has 0 aromatic heterocycles. The molecule has 2 aromatic rings. The molecule has 0 aliphatic rings. The Morgan fingerprint density at radius 3 is 2.68 bits per heavy atom. The highest BCUT2D eigenvalue weighted by Crippen LogP contribution is 2.23. The van der Waals surface area contributed by atoms with E-state index in [1.165, 1.54) is 12.1 Å². The van der Waals surface area contributed by atoms with E-state index < -0.39 is 0 Å². The summed E-state index contributed by atoms with van der Waals surface area (Å²) in [5.74, 6) is 0.488. The third kappa shape index (κ3) is 3.16. The number of benzene rings is 2. The van der Waals surface area contributed by atoms with Crippen LogP contribution in [0.25, 0.3) is 0 Å². The number of hydrogen-bond donors (Lipinski definition) is 1. The maximum absolute atomic E-state index is 13.0. The molecule has 2 aromatic carbocycles. The molecule has 0 atom stereocenters. The van der Waals surface area contributed by atoms with Gasteiger partial charge in [-0.05, 0) is 29.8 Å². The molecule has 0 unspecified atom stereocenters. The molecule has 0 amide bonds. The fourth-order valence-electron chi connectivity index (χ4n) is 1.90. The lowest BCUT2D eigenvalue weighted by molar-refractivity contribution is 0.415. The molecule has 0 radical (unpaired) electrons. The van der Waals surface area contributed by atoms with Crippen molar-refractivity contribution < 1.29 is 9.13 Å². The van der Waals surface area contributed by atoms with Gasteiger partial charge in [0.25, 0.3) is 0 Å². The molecule has 3 nitrogen and oxygen atoms in total. The Labute approximate surface area is 112 Å². The van der Waals surface area contributed by atoms with Crippen molar-refractivity contribution in [1.82, 2.24) is 0 Å². The zero-order chi connectivity index (χ0) is 13.8. The maximum Gasteiger partial charge on any atom is 0.125 e. The normalized spacial score (nSPS) is 10.3. The Hall–Kier alpha value is -2.23. The largest absolute Gasteiger partial charge is 0.497 e. The van der Waals surface area contributed by atoms with Gasteiger partial charge in [0.05, 0.1) is 7.11 Å². The number of nitrogens with zero attached hydrogens (tertiary/aromatic N) is 1. The topological polar surface area (TPSA) is 38.5 Å². The van der Waals surface area contributed by atoms with Crippen molar-refractivity contribution in [3.8, 4) is 5.75 Å². The van der Waals surface area contributed by atoms with E-state index >= 15 is 0 Å². The third-order valence-electron chi connectivity index (χ3n) is 3.01. The Balaban J connectivity index is 2.17. The first-order chi connectivity index (χ1) is 9.10. The van der Waals surface area contributed by atoms with Crippen LogP contribution in [-0.2, 0) is 6.54 Å². The van der Waals surface area contributed by atoms with Gasteiger partial charge >= 0.3 is 0 Å². The van der Waals surface area contributed by atoms with Crippen LogP contribution in [0.5, 0.6) is 5.75 Å². The summed E-state index contributed by atoms with van der Waals surface area (Å²) in [6, 6.07) is 12.2. The number of rotatable bonds is 4. The van der Waals surface area contributed by atoms with E-state index in [1.54, 1.807) is 13.2 Å². The molecule has 2 rings (SSSR count). The SMILES string of the molecule is COc1cccc(N(C)Cc2ccc(F)cc2N)c1. The molecule has 19 heavy (non-hydrogen) atoms. The van der Waals surface area contributed by atoms with Crippen molar-refractivity contribution in [1.29, 1.82) is 0 Å². The number of ether oxygens (including phenoxy) is 1.